The fourth-order valence-corrected chi connectivity index (χ4v) is 3.85. The Bertz CT molecular complexity index is 1460. The van der Waals surface area contributed by atoms with Crippen molar-refractivity contribution in [1.29, 1.82) is 0 Å². The number of carbonyl (C=O) groups is 1. The maximum Gasteiger partial charge on any atom is 0.358 e. The van der Waals surface area contributed by atoms with E-state index in [-0.39, 0.29) is 16.5 Å². The van der Waals surface area contributed by atoms with Gasteiger partial charge in [0.05, 0.1) is 0 Å². The molecule has 0 bridgehead atoms. The van der Waals surface area contributed by atoms with E-state index in [0.717, 1.165) is 16.3 Å². The van der Waals surface area contributed by atoms with Gasteiger partial charge in [0.15, 0.2) is 11.4 Å². The highest BCUT2D eigenvalue weighted by Crippen LogP contribution is 2.28. The molecule has 4 rings (SSSR count). The minimum atomic E-state index is -4.23. The van der Waals surface area contributed by atoms with E-state index in [9.17, 15) is 13.2 Å². The molecular weight excluding hydrogens is 428 g/mol. The molecule has 8 heteroatoms. The Morgan fingerprint density at radius 2 is 1.69 bits per heavy atom. The Kier molecular flexibility index (Phi) is 5.34. The summed E-state index contributed by atoms with van der Waals surface area (Å²) in [6.45, 7) is 6.92. The zero-order valence-corrected chi connectivity index (χ0v) is 18.9. The number of hydrogen-bond acceptors (Lipinski definition) is 7. The average molecular weight is 451 g/mol. The molecule has 0 aliphatic heterocycles. The van der Waals surface area contributed by atoms with Crippen LogP contribution < -0.4 is 0 Å². The average Bonchev–Trinajstić information content (AvgIpc) is 3.18. The number of nitrogens with zero attached hydrogens (tertiary/aromatic N) is 2. The molecule has 3 aromatic carbocycles. The fraction of sp³-hybridized carbons (Fsp3) is 0.208. The summed E-state index contributed by atoms with van der Waals surface area (Å²) >= 11 is 0. The summed E-state index contributed by atoms with van der Waals surface area (Å²) in [6, 6.07) is 17.4. The number of aryl methyl sites for hydroxylation is 1. The van der Waals surface area contributed by atoms with Gasteiger partial charge in [-0.1, -0.05) is 74.0 Å². The lowest BCUT2D eigenvalue weighted by atomic mass is 9.88. The highest BCUT2D eigenvalue weighted by atomic mass is 32.2. The lowest BCUT2D eigenvalue weighted by molar-refractivity contribution is -0.119. The van der Waals surface area contributed by atoms with Gasteiger partial charge in [-0.25, -0.2) is 4.98 Å². The third kappa shape index (κ3) is 4.13. The zero-order chi connectivity index (χ0) is 23.1. The molecule has 0 N–H and O–H groups in total. The number of oxime groups is 1. The van der Waals surface area contributed by atoms with Crippen LogP contribution in [0.25, 0.3) is 21.9 Å². The monoisotopic (exact) mass is 450 g/mol. The highest BCUT2D eigenvalue weighted by Gasteiger charge is 2.32. The van der Waals surface area contributed by atoms with Crippen LogP contribution in [-0.2, 0) is 19.2 Å². The Morgan fingerprint density at radius 1 is 1.00 bits per heavy atom. The van der Waals surface area contributed by atoms with E-state index < -0.39 is 21.3 Å². The molecule has 1 aromatic heterocycles. The first-order chi connectivity index (χ1) is 15.1. The van der Waals surface area contributed by atoms with Crippen LogP contribution in [0.3, 0.4) is 0 Å². The maximum absolute atomic E-state index is 13.1. The third-order valence-corrected chi connectivity index (χ3v) is 6.04. The first-order valence-electron chi connectivity index (χ1n) is 9.98. The van der Waals surface area contributed by atoms with Crippen LogP contribution >= 0.6 is 0 Å². The number of benzene rings is 3. The van der Waals surface area contributed by atoms with Gasteiger partial charge in [0.1, 0.15) is 10.4 Å². The molecule has 0 atom stereocenters. The summed E-state index contributed by atoms with van der Waals surface area (Å²) in [5, 5.41) is 5.49. The van der Waals surface area contributed by atoms with Crippen LogP contribution in [0.1, 0.15) is 32.2 Å². The molecule has 1 heterocycles. The molecule has 0 fully saturated rings. The Balaban J connectivity index is 1.82. The normalized spacial score (nSPS) is 12.9. The first kappa shape index (κ1) is 21.7. The van der Waals surface area contributed by atoms with E-state index in [1.54, 1.807) is 39.0 Å². The second-order valence-electron chi connectivity index (χ2n) is 8.51. The molecule has 0 saturated heterocycles. The van der Waals surface area contributed by atoms with Crippen molar-refractivity contribution >= 4 is 43.5 Å². The van der Waals surface area contributed by atoms with E-state index in [1.165, 1.54) is 12.1 Å². The van der Waals surface area contributed by atoms with Gasteiger partial charge < -0.3 is 4.42 Å². The predicted molar refractivity (Wildman–Crippen MR) is 122 cm³/mol. The zero-order valence-electron chi connectivity index (χ0n) is 18.1. The molecular formula is C24H22N2O5S. The Morgan fingerprint density at radius 3 is 2.38 bits per heavy atom. The van der Waals surface area contributed by atoms with Crippen LogP contribution in [0.2, 0.25) is 0 Å². The van der Waals surface area contributed by atoms with Crippen molar-refractivity contribution < 1.29 is 21.9 Å². The first-order valence-corrected chi connectivity index (χ1v) is 11.4. The molecule has 32 heavy (non-hydrogen) atoms. The van der Waals surface area contributed by atoms with Crippen molar-refractivity contribution in [2.24, 2.45) is 10.6 Å². The molecule has 4 aromatic rings. The number of fused-ring (bicyclic) bond motifs is 3. The summed E-state index contributed by atoms with van der Waals surface area (Å²) in [4.78, 5) is 17.4. The minimum absolute atomic E-state index is 0.0713. The van der Waals surface area contributed by atoms with Crippen LogP contribution in [0, 0.1) is 12.3 Å². The number of hydrogen-bond donors (Lipinski definition) is 0. The molecule has 0 aliphatic carbocycles. The summed E-state index contributed by atoms with van der Waals surface area (Å²) < 4.78 is 36.0. The molecule has 164 valence electrons. The molecule has 0 unspecified atom stereocenters. The number of ketones is 1. The van der Waals surface area contributed by atoms with Gasteiger partial charge in [0.25, 0.3) is 5.89 Å². The second kappa shape index (κ2) is 7.87. The van der Waals surface area contributed by atoms with Gasteiger partial charge >= 0.3 is 10.1 Å². The number of aromatic nitrogens is 1. The number of rotatable bonds is 5. The quantitative estimate of drug-likeness (QED) is 0.313. The Hall–Kier alpha value is -3.52. The maximum atomic E-state index is 13.1. The number of Topliss-reactive ketones (excluding diaryl/α,β-unsaturated/α-hetero) is 1. The largest absolute Gasteiger partial charge is 0.434 e. The topological polar surface area (TPSA) is 98.8 Å². The van der Waals surface area contributed by atoms with Crippen LogP contribution in [0.15, 0.2) is 75.1 Å². The van der Waals surface area contributed by atoms with Gasteiger partial charge in [-0.2, -0.15) is 8.42 Å². The van der Waals surface area contributed by atoms with Crippen molar-refractivity contribution in [3.63, 3.8) is 0 Å². The number of oxazole rings is 1. The SMILES string of the molecule is Cc1ccc(S(=O)(=O)O/N=C(\C(=O)C(C)(C)C)c2nc3ccc4ccccc4c3o2)cc1. The standard InChI is InChI=1S/C24H22N2O5S/c1-15-9-12-17(13-10-15)32(28,29)31-26-20(22(27)24(2,3)4)23-25-19-14-11-16-7-5-6-8-18(16)21(19)30-23/h5-14H,1-4H3/b26-20+. The van der Waals surface area contributed by atoms with E-state index in [4.69, 9.17) is 8.70 Å². The van der Waals surface area contributed by atoms with Crippen molar-refractivity contribution in [2.75, 3.05) is 0 Å². The van der Waals surface area contributed by atoms with Gasteiger partial charge in [0.2, 0.25) is 5.71 Å². The van der Waals surface area contributed by atoms with Gasteiger partial charge in [-0.05, 0) is 30.5 Å². The van der Waals surface area contributed by atoms with Gasteiger partial charge in [0, 0.05) is 10.8 Å². The molecule has 0 radical (unpaired) electrons. The van der Waals surface area contributed by atoms with Gasteiger partial charge in [-0.15, -0.1) is 0 Å². The fourth-order valence-electron chi connectivity index (χ4n) is 3.12. The van der Waals surface area contributed by atoms with Crippen molar-refractivity contribution in [3.05, 3.63) is 72.1 Å². The second-order valence-corrected chi connectivity index (χ2v) is 10.0. The smallest absolute Gasteiger partial charge is 0.358 e. The van der Waals surface area contributed by atoms with Crippen molar-refractivity contribution in [1.82, 2.24) is 4.98 Å². The molecule has 0 aliphatic rings. The molecule has 0 saturated carbocycles. The van der Waals surface area contributed by atoms with Crippen LogP contribution in [0.4, 0.5) is 0 Å². The van der Waals surface area contributed by atoms with E-state index in [1.807, 2.05) is 37.3 Å². The van der Waals surface area contributed by atoms with Crippen molar-refractivity contribution in [2.45, 2.75) is 32.6 Å². The van der Waals surface area contributed by atoms with E-state index in [0.29, 0.717) is 11.1 Å². The molecule has 7 nitrogen and oxygen atoms in total. The predicted octanol–water partition coefficient (Wildman–Crippen LogP) is 5.01. The van der Waals surface area contributed by atoms with E-state index >= 15 is 0 Å². The van der Waals surface area contributed by atoms with E-state index in [2.05, 4.69) is 10.1 Å². The van der Waals surface area contributed by atoms with Crippen LogP contribution in [-0.4, -0.2) is 24.9 Å². The molecule has 0 amide bonds. The minimum Gasteiger partial charge on any atom is -0.434 e. The van der Waals surface area contributed by atoms with Crippen molar-refractivity contribution in [3.8, 4) is 0 Å². The molecule has 0 spiro atoms. The lowest BCUT2D eigenvalue weighted by Gasteiger charge is -2.15. The Labute approximate surface area is 185 Å². The number of carbonyl (C=O) groups excluding carboxylic acids is 1. The summed E-state index contributed by atoms with van der Waals surface area (Å²) in [5.74, 6) is -0.567. The summed E-state index contributed by atoms with van der Waals surface area (Å²) in [5.41, 5.74) is 0.727. The third-order valence-electron chi connectivity index (χ3n) is 4.91. The summed E-state index contributed by atoms with van der Waals surface area (Å²) in [7, 11) is -4.23. The summed E-state index contributed by atoms with van der Waals surface area (Å²) in [6.07, 6.45) is 0. The van der Waals surface area contributed by atoms with Gasteiger partial charge in [-0.3, -0.25) is 9.08 Å². The van der Waals surface area contributed by atoms with Crippen LogP contribution in [0.5, 0.6) is 0 Å². The lowest BCUT2D eigenvalue weighted by Crippen LogP contribution is -2.30. The highest BCUT2D eigenvalue weighted by molar-refractivity contribution is 7.86.